The molecule has 2 aliphatic carbocycles. The molecule has 2 N–H and O–H groups in total. The van der Waals surface area contributed by atoms with E-state index >= 15 is 0 Å². The van der Waals surface area contributed by atoms with E-state index in [0.29, 0.717) is 36.6 Å². The summed E-state index contributed by atoms with van der Waals surface area (Å²) in [6.07, 6.45) is 9.19. The number of hydrogen-bond donors (Lipinski definition) is 2. The van der Waals surface area contributed by atoms with Gasteiger partial charge in [0.05, 0.1) is 6.10 Å². The SMILES string of the molecule is COC1CCC(CNC2CCC[C@@H]2Oc2ccc3c(c2)CN(C2CCC(=O)NC2=O)C3=O)CC1. The molecule has 34 heavy (non-hydrogen) atoms. The second-order valence-corrected chi connectivity index (χ2v) is 10.2. The van der Waals surface area contributed by atoms with E-state index in [2.05, 4.69) is 10.6 Å². The number of carbonyl (C=O) groups is 3. The number of nitrogens with one attached hydrogen (secondary N) is 2. The van der Waals surface area contributed by atoms with Crippen molar-refractivity contribution in [2.75, 3.05) is 13.7 Å². The van der Waals surface area contributed by atoms with Crippen LogP contribution in [0.3, 0.4) is 0 Å². The molecule has 0 spiro atoms. The van der Waals surface area contributed by atoms with E-state index in [1.165, 1.54) is 12.8 Å². The highest BCUT2D eigenvalue weighted by Gasteiger charge is 2.39. The number of rotatable bonds is 7. The zero-order valence-corrected chi connectivity index (χ0v) is 19.9. The molecular formula is C26H35N3O5. The lowest BCUT2D eigenvalue weighted by molar-refractivity contribution is -0.136. The van der Waals surface area contributed by atoms with E-state index in [0.717, 1.165) is 50.0 Å². The Balaban J connectivity index is 1.17. The number of hydrogen-bond acceptors (Lipinski definition) is 6. The summed E-state index contributed by atoms with van der Waals surface area (Å²) in [4.78, 5) is 38.2. The van der Waals surface area contributed by atoms with Gasteiger partial charge in [-0.15, -0.1) is 0 Å². The van der Waals surface area contributed by atoms with Crippen LogP contribution >= 0.6 is 0 Å². The van der Waals surface area contributed by atoms with Crippen LogP contribution in [-0.2, 0) is 20.9 Å². The quantitative estimate of drug-likeness (QED) is 0.596. The summed E-state index contributed by atoms with van der Waals surface area (Å²) in [5.74, 6) is 0.667. The minimum absolute atomic E-state index is 0.122. The number of benzene rings is 1. The predicted molar refractivity (Wildman–Crippen MR) is 125 cm³/mol. The van der Waals surface area contributed by atoms with Gasteiger partial charge in [0.1, 0.15) is 17.9 Å². The first-order chi connectivity index (χ1) is 16.5. The van der Waals surface area contributed by atoms with Gasteiger partial charge in [0.15, 0.2) is 0 Å². The van der Waals surface area contributed by atoms with E-state index in [1.54, 1.807) is 4.90 Å². The van der Waals surface area contributed by atoms with Crippen LogP contribution in [0.4, 0.5) is 0 Å². The number of methoxy groups -OCH3 is 1. The number of piperidine rings is 1. The standard InChI is InChI=1S/C26H35N3O5/c1-33-18-7-5-16(6-8-18)14-27-21-3-2-4-23(21)34-19-9-10-20-17(13-19)15-29(26(20)32)22-11-12-24(30)28-25(22)31/h9-10,13,16,18,21-23,27H,2-8,11-12,14-15H2,1H3,(H,28,30,31)/t16?,18?,21?,22?,23-/m0/s1. The van der Waals surface area contributed by atoms with Crippen molar-refractivity contribution in [3.63, 3.8) is 0 Å². The highest BCUT2D eigenvalue weighted by Crippen LogP contribution is 2.32. The summed E-state index contributed by atoms with van der Waals surface area (Å²) >= 11 is 0. The van der Waals surface area contributed by atoms with Gasteiger partial charge in [0.2, 0.25) is 11.8 Å². The summed E-state index contributed by atoms with van der Waals surface area (Å²) in [7, 11) is 1.81. The molecule has 1 aromatic carbocycles. The van der Waals surface area contributed by atoms with Gasteiger partial charge in [0, 0.05) is 31.7 Å². The summed E-state index contributed by atoms with van der Waals surface area (Å²) in [6.45, 7) is 1.40. The minimum atomic E-state index is -0.593. The highest BCUT2D eigenvalue weighted by atomic mass is 16.5. The molecule has 8 nitrogen and oxygen atoms in total. The van der Waals surface area contributed by atoms with Crippen LogP contribution in [0.2, 0.25) is 0 Å². The van der Waals surface area contributed by atoms with Crippen LogP contribution in [0, 0.1) is 5.92 Å². The lowest BCUT2D eigenvalue weighted by Gasteiger charge is -2.30. The Bertz CT molecular complexity index is 942. The van der Waals surface area contributed by atoms with Crippen LogP contribution in [0.15, 0.2) is 18.2 Å². The third-order valence-electron chi connectivity index (χ3n) is 8.03. The zero-order valence-electron chi connectivity index (χ0n) is 19.9. The van der Waals surface area contributed by atoms with Gasteiger partial charge in [-0.2, -0.15) is 0 Å². The number of amides is 3. The number of carbonyl (C=O) groups excluding carboxylic acids is 3. The molecule has 2 heterocycles. The predicted octanol–water partition coefficient (Wildman–Crippen LogP) is 2.54. The summed E-state index contributed by atoms with van der Waals surface area (Å²) < 4.78 is 11.9. The molecule has 2 unspecified atom stereocenters. The smallest absolute Gasteiger partial charge is 0.255 e. The first kappa shape index (κ1) is 23.3. The molecule has 184 valence electrons. The van der Waals surface area contributed by atoms with Crippen molar-refractivity contribution >= 4 is 17.7 Å². The van der Waals surface area contributed by atoms with Gasteiger partial charge in [-0.3, -0.25) is 19.7 Å². The second kappa shape index (κ2) is 10.0. The molecule has 2 saturated carbocycles. The van der Waals surface area contributed by atoms with Gasteiger partial charge in [0.25, 0.3) is 5.91 Å². The highest BCUT2D eigenvalue weighted by molar-refractivity contribution is 6.05. The number of fused-ring (bicyclic) bond motifs is 1. The van der Waals surface area contributed by atoms with Crippen LogP contribution in [0.5, 0.6) is 5.75 Å². The van der Waals surface area contributed by atoms with Gasteiger partial charge in [-0.1, -0.05) is 0 Å². The zero-order chi connectivity index (χ0) is 23.7. The monoisotopic (exact) mass is 469 g/mol. The Morgan fingerprint density at radius 2 is 1.88 bits per heavy atom. The first-order valence-electron chi connectivity index (χ1n) is 12.7. The van der Waals surface area contributed by atoms with Crippen LogP contribution in [0.25, 0.3) is 0 Å². The molecule has 3 amide bonds. The van der Waals surface area contributed by atoms with Crippen molar-refractivity contribution < 1.29 is 23.9 Å². The fourth-order valence-corrected chi connectivity index (χ4v) is 5.99. The molecule has 1 aromatic rings. The van der Waals surface area contributed by atoms with Gasteiger partial charge in [-0.05, 0) is 87.6 Å². The number of imide groups is 1. The van der Waals surface area contributed by atoms with Gasteiger partial charge in [-0.25, -0.2) is 0 Å². The molecule has 0 aromatic heterocycles. The Morgan fingerprint density at radius 3 is 2.65 bits per heavy atom. The fourth-order valence-electron chi connectivity index (χ4n) is 5.99. The topological polar surface area (TPSA) is 97.0 Å². The van der Waals surface area contributed by atoms with Crippen molar-refractivity contribution in [2.24, 2.45) is 5.92 Å². The number of ether oxygens (including phenoxy) is 2. The van der Waals surface area contributed by atoms with E-state index in [4.69, 9.17) is 9.47 Å². The third-order valence-corrected chi connectivity index (χ3v) is 8.03. The maximum Gasteiger partial charge on any atom is 0.255 e. The maximum atomic E-state index is 12.9. The molecule has 3 fully saturated rings. The van der Waals surface area contributed by atoms with E-state index in [9.17, 15) is 14.4 Å². The molecule has 0 bridgehead atoms. The average molecular weight is 470 g/mol. The van der Waals surface area contributed by atoms with Crippen molar-refractivity contribution in [1.29, 1.82) is 0 Å². The lowest BCUT2D eigenvalue weighted by Crippen LogP contribution is -2.52. The molecule has 8 heteroatoms. The number of nitrogens with zero attached hydrogens (tertiary/aromatic N) is 1. The molecular weight excluding hydrogens is 434 g/mol. The van der Waals surface area contributed by atoms with Crippen LogP contribution in [-0.4, -0.2) is 60.6 Å². The molecule has 4 aliphatic rings. The average Bonchev–Trinajstić information content (AvgIpc) is 3.41. The molecule has 3 atom stereocenters. The minimum Gasteiger partial charge on any atom is -0.489 e. The summed E-state index contributed by atoms with van der Waals surface area (Å²) in [5.41, 5.74) is 1.49. The third kappa shape index (κ3) is 4.84. The Labute approximate surface area is 200 Å². The van der Waals surface area contributed by atoms with Crippen molar-refractivity contribution in [1.82, 2.24) is 15.5 Å². The van der Waals surface area contributed by atoms with Crippen molar-refractivity contribution in [2.45, 2.75) is 88.6 Å². The summed E-state index contributed by atoms with van der Waals surface area (Å²) in [6, 6.07) is 5.37. The van der Waals surface area contributed by atoms with Crippen LogP contribution in [0.1, 0.15) is 73.7 Å². The largest absolute Gasteiger partial charge is 0.489 e. The van der Waals surface area contributed by atoms with Gasteiger partial charge < -0.3 is 19.7 Å². The van der Waals surface area contributed by atoms with Gasteiger partial charge >= 0.3 is 0 Å². The molecule has 0 radical (unpaired) electrons. The Hall–Kier alpha value is -2.45. The van der Waals surface area contributed by atoms with Crippen LogP contribution < -0.4 is 15.4 Å². The second-order valence-electron chi connectivity index (χ2n) is 10.2. The maximum absolute atomic E-state index is 12.9. The summed E-state index contributed by atoms with van der Waals surface area (Å²) in [5, 5.41) is 6.12. The van der Waals surface area contributed by atoms with Crippen molar-refractivity contribution in [3.8, 4) is 5.75 Å². The Morgan fingerprint density at radius 1 is 1.06 bits per heavy atom. The Kier molecular flexibility index (Phi) is 6.88. The molecule has 2 aliphatic heterocycles. The molecule has 1 saturated heterocycles. The lowest BCUT2D eigenvalue weighted by atomic mass is 9.87. The van der Waals surface area contributed by atoms with E-state index in [1.807, 2.05) is 25.3 Å². The fraction of sp³-hybridized carbons (Fsp3) is 0.654. The normalized spacial score (nSPS) is 31.5. The van der Waals surface area contributed by atoms with E-state index < -0.39 is 6.04 Å². The van der Waals surface area contributed by atoms with E-state index in [-0.39, 0.29) is 30.2 Å². The molecule has 5 rings (SSSR count). The first-order valence-corrected chi connectivity index (χ1v) is 12.7. The van der Waals surface area contributed by atoms with Crippen molar-refractivity contribution in [3.05, 3.63) is 29.3 Å².